The molecule has 1 aromatic rings. The molecular formula is C13H19NO. The fourth-order valence-electron chi connectivity index (χ4n) is 2.25. The summed E-state index contributed by atoms with van der Waals surface area (Å²) in [6, 6.07) is 10.3. The predicted molar refractivity (Wildman–Crippen MR) is 61.7 cm³/mol. The van der Waals surface area contributed by atoms with Crippen molar-refractivity contribution in [3.63, 3.8) is 0 Å². The Balaban J connectivity index is 1.88. The molecule has 1 fully saturated rings. The van der Waals surface area contributed by atoms with Gasteiger partial charge in [-0.2, -0.15) is 0 Å². The van der Waals surface area contributed by atoms with E-state index in [0.717, 1.165) is 32.4 Å². The summed E-state index contributed by atoms with van der Waals surface area (Å²) in [5.74, 6) is 0.478. The molecule has 1 aliphatic rings. The molecule has 2 N–H and O–H groups in total. The van der Waals surface area contributed by atoms with Crippen molar-refractivity contribution in [2.75, 3.05) is 13.1 Å². The van der Waals surface area contributed by atoms with Gasteiger partial charge in [0.2, 0.25) is 0 Å². The topological polar surface area (TPSA) is 32.3 Å². The van der Waals surface area contributed by atoms with Gasteiger partial charge in [0.1, 0.15) is 0 Å². The Kier molecular flexibility index (Phi) is 3.75. The average molecular weight is 205 g/mol. The first-order valence-corrected chi connectivity index (χ1v) is 5.79. The number of hydrogen-bond donors (Lipinski definition) is 2. The molecule has 0 saturated carbocycles. The molecule has 82 valence electrons. The zero-order valence-electron chi connectivity index (χ0n) is 9.02. The average Bonchev–Trinajstić information content (AvgIpc) is 2.31. The quantitative estimate of drug-likeness (QED) is 0.785. The number of rotatable bonds is 3. The smallest absolute Gasteiger partial charge is 0.0609 e. The van der Waals surface area contributed by atoms with Gasteiger partial charge >= 0.3 is 0 Å². The summed E-state index contributed by atoms with van der Waals surface area (Å²) in [5, 5.41) is 13.4. The fraction of sp³-hybridized carbons (Fsp3) is 0.538. The van der Waals surface area contributed by atoms with E-state index >= 15 is 0 Å². The molecule has 1 aliphatic heterocycles. The standard InChI is InChI=1S/C13H19NO/c15-13(12-6-8-14-9-7-12)10-11-4-2-1-3-5-11/h1-5,12-15H,6-10H2/t13-/m1/s1. The van der Waals surface area contributed by atoms with E-state index < -0.39 is 0 Å². The first-order chi connectivity index (χ1) is 7.36. The zero-order chi connectivity index (χ0) is 10.5. The number of hydrogen-bond acceptors (Lipinski definition) is 2. The summed E-state index contributed by atoms with van der Waals surface area (Å²) >= 11 is 0. The van der Waals surface area contributed by atoms with Crippen molar-refractivity contribution in [3.8, 4) is 0 Å². The lowest BCUT2D eigenvalue weighted by atomic mass is 9.89. The molecule has 1 saturated heterocycles. The second-order valence-electron chi connectivity index (χ2n) is 4.34. The SMILES string of the molecule is O[C@H](Cc1ccccc1)C1CCNCC1. The Bertz CT molecular complexity index is 280. The van der Waals surface area contributed by atoms with Crippen molar-refractivity contribution in [1.82, 2.24) is 5.32 Å². The highest BCUT2D eigenvalue weighted by atomic mass is 16.3. The van der Waals surface area contributed by atoms with Crippen LogP contribution < -0.4 is 5.32 Å². The van der Waals surface area contributed by atoms with E-state index in [1.54, 1.807) is 0 Å². The van der Waals surface area contributed by atoms with Crippen molar-refractivity contribution in [2.24, 2.45) is 5.92 Å². The third kappa shape index (κ3) is 3.05. The summed E-state index contributed by atoms with van der Waals surface area (Å²) in [5.41, 5.74) is 1.24. The van der Waals surface area contributed by atoms with Crippen molar-refractivity contribution in [2.45, 2.75) is 25.4 Å². The minimum absolute atomic E-state index is 0.172. The van der Waals surface area contributed by atoms with Gasteiger partial charge in [-0.15, -0.1) is 0 Å². The van der Waals surface area contributed by atoms with Crippen LogP contribution in [0.15, 0.2) is 30.3 Å². The molecule has 15 heavy (non-hydrogen) atoms. The van der Waals surface area contributed by atoms with E-state index in [9.17, 15) is 5.11 Å². The highest BCUT2D eigenvalue weighted by molar-refractivity contribution is 5.15. The number of nitrogens with one attached hydrogen (secondary N) is 1. The van der Waals surface area contributed by atoms with E-state index in [1.807, 2.05) is 18.2 Å². The maximum Gasteiger partial charge on any atom is 0.0609 e. The van der Waals surface area contributed by atoms with Gasteiger partial charge in [0.25, 0.3) is 0 Å². The molecular weight excluding hydrogens is 186 g/mol. The normalized spacial score (nSPS) is 20.1. The summed E-state index contributed by atoms with van der Waals surface area (Å²) in [6.45, 7) is 2.10. The minimum Gasteiger partial charge on any atom is -0.392 e. The van der Waals surface area contributed by atoms with E-state index in [0.29, 0.717) is 5.92 Å². The highest BCUT2D eigenvalue weighted by Crippen LogP contribution is 2.19. The summed E-state index contributed by atoms with van der Waals surface area (Å²) < 4.78 is 0. The Labute approximate surface area is 91.3 Å². The second kappa shape index (κ2) is 5.29. The van der Waals surface area contributed by atoms with Gasteiger partial charge in [0.05, 0.1) is 6.10 Å². The Morgan fingerprint density at radius 2 is 1.87 bits per heavy atom. The van der Waals surface area contributed by atoms with Crippen LogP contribution >= 0.6 is 0 Å². The van der Waals surface area contributed by atoms with Gasteiger partial charge < -0.3 is 10.4 Å². The second-order valence-corrected chi connectivity index (χ2v) is 4.34. The van der Waals surface area contributed by atoms with Gasteiger partial charge in [-0.1, -0.05) is 30.3 Å². The molecule has 1 aromatic carbocycles. The molecule has 0 aromatic heterocycles. The highest BCUT2D eigenvalue weighted by Gasteiger charge is 2.21. The van der Waals surface area contributed by atoms with Crippen molar-refractivity contribution < 1.29 is 5.11 Å². The molecule has 2 heteroatoms. The third-order valence-electron chi connectivity index (χ3n) is 3.22. The molecule has 0 unspecified atom stereocenters. The molecule has 0 spiro atoms. The van der Waals surface area contributed by atoms with E-state index in [4.69, 9.17) is 0 Å². The number of piperidine rings is 1. The predicted octanol–water partition coefficient (Wildman–Crippen LogP) is 1.59. The third-order valence-corrected chi connectivity index (χ3v) is 3.22. The van der Waals surface area contributed by atoms with E-state index in [2.05, 4.69) is 17.4 Å². The van der Waals surface area contributed by atoms with Gasteiger partial charge in [0.15, 0.2) is 0 Å². The van der Waals surface area contributed by atoms with Crippen LogP contribution in [0.1, 0.15) is 18.4 Å². The van der Waals surface area contributed by atoms with Crippen molar-refractivity contribution in [3.05, 3.63) is 35.9 Å². The molecule has 0 radical (unpaired) electrons. The van der Waals surface area contributed by atoms with Gasteiger partial charge in [-0.3, -0.25) is 0 Å². The Morgan fingerprint density at radius 1 is 1.20 bits per heavy atom. The summed E-state index contributed by atoms with van der Waals surface area (Å²) in [7, 11) is 0. The molecule has 0 amide bonds. The molecule has 1 atom stereocenters. The molecule has 2 rings (SSSR count). The van der Waals surface area contributed by atoms with E-state index in [-0.39, 0.29) is 6.10 Å². The molecule has 0 aliphatic carbocycles. The van der Waals surface area contributed by atoms with Crippen molar-refractivity contribution in [1.29, 1.82) is 0 Å². The van der Waals surface area contributed by atoms with Crippen LogP contribution in [0.3, 0.4) is 0 Å². The summed E-state index contributed by atoms with van der Waals surface area (Å²) in [4.78, 5) is 0. The first-order valence-electron chi connectivity index (χ1n) is 5.79. The first kappa shape index (κ1) is 10.7. The molecule has 0 bridgehead atoms. The number of aliphatic hydroxyl groups is 1. The molecule has 2 nitrogen and oxygen atoms in total. The Hall–Kier alpha value is -0.860. The molecule has 1 heterocycles. The van der Waals surface area contributed by atoms with Crippen LogP contribution in [0.25, 0.3) is 0 Å². The monoisotopic (exact) mass is 205 g/mol. The van der Waals surface area contributed by atoms with Crippen LogP contribution in [-0.4, -0.2) is 24.3 Å². The van der Waals surface area contributed by atoms with Crippen LogP contribution in [0, 0.1) is 5.92 Å². The van der Waals surface area contributed by atoms with Gasteiger partial charge in [-0.25, -0.2) is 0 Å². The maximum absolute atomic E-state index is 10.1. The zero-order valence-corrected chi connectivity index (χ0v) is 9.02. The number of aliphatic hydroxyl groups excluding tert-OH is 1. The Morgan fingerprint density at radius 3 is 2.53 bits per heavy atom. The largest absolute Gasteiger partial charge is 0.392 e. The summed E-state index contributed by atoms with van der Waals surface area (Å²) in [6.07, 6.45) is 2.84. The van der Waals surface area contributed by atoms with Crippen molar-refractivity contribution >= 4 is 0 Å². The van der Waals surface area contributed by atoms with Crippen LogP contribution in [0.4, 0.5) is 0 Å². The minimum atomic E-state index is -0.172. The number of benzene rings is 1. The lowest BCUT2D eigenvalue weighted by Crippen LogP contribution is -2.34. The lowest BCUT2D eigenvalue weighted by Gasteiger charge is -2.27. The van der Waals surface area contributed by atoms with Gasteiger partial charge in [0, 0.05) is 0 Å². The lowest BCUT2D eigenvalue weighted by molar-refractivity contribution is 0.0891. The van der Waals surface area contributed by atoms with Gasteiger partial charge in [-0.05, 0) is 43.8 Å². The van der Waals surface area contributed by atoms with Crippen LogP contribution in [-0.2, 0) is 6.42 Å². The fourth-order valence-corrected chi connectivity index (χ4v) is 2.25. The van der Waals surface area contributed by atoms with Crippen LogP contribution in [0.5, 0.6) is 0 Å². The van der Waals surface area contributed by atoms with E-state index in [1.165, 1.54) is 5.56 Å². The maximum atomic E-state index is 10.1. The van der Waals surface area contributed by atoms with Crippen LogP contribution in [0.2, 0.25) is 0 Å².